The van der Waals surface area contributed by atoms with Crippen LogP contribution in [0.25, 0.3) is 0 Å². The average molecular weight is 158 g/mol. The number of thioether (sulfide) groups is 1. The molecule has 0 fully saturated rings. The van der Waals surface area contributed by atoms with Crippen molar-refractivity contribution in [3.8, 4) is 0 Å². The quantitative estimate of drug-likeness (QED) is 0.596. The van der Waals surface area contributed by atoms with Crippen LogP contribution in [0.1, 0.15) is 11.8 Å². The van der Waals surface area contributed by atoms with Gasteiger partial charge in [0.25, 0.3) is 0 Å². The van der Waals surface area contributed by atoms with Gasteiger partial charge < -0.3 is 0 Å². The summed E-state index contributed by atoms with van der Waals surface area (Å²) in [7, 11) is 0. The fourth-order valence-corrected chi connectivity index (χ4v) is 2.19. The Morgan fingerprint density at radius 2 is 2.33 bits per heavy atom. The van der Waals surface area contributed by atoms with Crippen molar-refractivity contribution in [1.29, 1.82) is 0 Å². The molecule has 2 heteroatoms. The molecule has 0 nitrogen and oxygen atoms in total. The molecule has 0 aliphatic rings. The van der Waals surface area contributed by atoms with E-state index in [2.05, 4.69) is 25.3 Å². The second-order valence-corrected chi connectivity index (χ2v) is 4.05. The van der Waals surface area contributed by atoms with E-state index >= 15 is 0 Å². The molecule has 1 rings (SSSR count). The highest BCUT2D eigenvalue weighted by Crippen LogP contribution is 2.24. The molecule has 1 aromatic heterocycles. The summed E-state index contributed by atoms with van der Waals surface area (Å²) in [6.45, 7) is 2.19. The molecule has 0 amide bonds. The van der Waals surface area contributed by atoms with Crippen LogP contribution in [0.4, 0.5) is 0 Å². The maximum Gasteiger partial charge on any atom is 0.0598 e. The van der Waals surface area contributed by atoms with Crippen molar-refractivity contribution in [2.45, 2.75) is 17.6 Å². The van der Waals surface area contributed by atoms with Gasteiger partial charge in [-0.3, -0.25) is 0 Å². The van der Waals surface area contributed by atoms with Crippen LogP contribution in [-0.2, 0) is 6.42 Å². The molecule has 0 aromatic carbocycles. The summed E-state index contributed by atoms with van der Waals surface area (Å²) in [5.41, 5.74) is 0. The van der Waals surface area contributed by atoms with E-state index in [-0.39, 0.29) is 0 Å². The fourth-order valence-electron chi connectivity index (χ4n) is 0.658. The molecule has 0 radical (unpaired) electrons. The maximum absolute atomic E-state index is 2.20. The van der Waals surface area contributed by atoms with Gasteiger partial charge in [-0.05, 0) is 24.8 Å². The predicted octanol–water partition coefficient (Wildman–Crippen LogP) is 3.03. The summed E-state index contributed by atoms with van der Waals surface area (Å²) in [5.74, 6) is 0. The summed E-state index contributed by atoms with van der Waals surface area (Å²) in [6, 6.07) is 4.39. The minimum atomic E-state index is 1.17. The van der Waals surface area contributed by atoms with Gasteiger partial charge in [-0.25, -0.2) is 0 Å². The molecule has 0 spiro atoms. The number of hydrogen-bond donors (Lipinski definition) is 0. The highest BCUT2D eigenvalue weighted by molar-refractivity contribution is 8.00. The second-order valence-electron chi connectivity index (χ2n) is 1.78. The Labute approximate surface area is 64.3 Å². The highest BCUT2D eigenvalue weighted by Gasteiger charge is 1.93. The van der Waals surface area contributed by atoms with Crippen LogP contribution in [0.5, 0.6) is 0 Å². The molecule has 0 N–H and O–H groups in total. The second kappa shape index (κ2) is 3.28. The average Bonchev–Trinajstić information content (AvgIpc) is 2.34. The number of aryl methyl sites for hydroxylation is 1. The zero-order chi connectivity index (χ0) is 6.69. The van der Waals surface area contributed by atoms with E-state index in [0.29, 0.717) is 0 Å². The van der Waals surface area contributed by atoms with Crippen molar-refractivity contribution in [2.75, 3.05) is 6.26 Å². The Morgan fingerprint density at radius 3 is 2.67 bits per heavy atom. The first-order chi connectivity index (χ1) is 4.36. The van der Waals surface area contributed by atoms with Crippen LogP contribution in [0.15, 0.2) is 16.3 Å². The van der Waals surface area contributed by atoms with Crippen molar-refractivity contribution in [3.63, 3.8) is 0 Å². The topological polar surface area (TPSA) is 0 Å². The molecule has 0 aliphatic heterocycles. The lowest BCUT2D eigenvalue weighted by atomic mass is 10.4. The molecule has 1 aromatic rings. The molecule has 0 atom stereocenters. The van der Waals surface area contributed by atoms with E-state index in [4.69, 9.17) is 0 Å². The summed E-state index contributed by atoms with van der Waals surface area (Å²) in [6.07, 6.45) is 3.29. The van der Waals surface area contributed by atoms with E-state index in [0.717, 1.165) is 0 Å². The summed E-state index contributed by atoms with van der Waals surface area (Å²) in [5, 5.41) is 0. The van der Waals surface area contributed by atoms with E-state index in [9.17, 15) is 0 Å². The summed E-state index contributed by atoms with van der Waals surface area (Å²) < 4.78 is 1.42. The molecule has 0 saturated heterocycles. The minimum Gasteiger partial charge on any atom is -0.134 e. The van der Waals surface area contributed by atoms with Gasteiger partial charge in [-0.1, -0.05) is 6.92 Å². The third-order valence-electron chi connectivity index (χ3n) is 1.19. The maximum atomic E-state index is 2.20. The van der Waals surface area contributed by atoms with Gasteiger partial charge in [-0.15, -0.1) is 23.1 Å². The number of thiophene rings is 1. The molecular weight excluding hydrogens is 148 g/mol. The minimum absolute atomic E-state index is 1.17. The molecule has 50 valence electrons. The van der Waals surface area contributed by atoms with Crippen LogP contribution in [0, 0.1) is 0 Å². The molecule has 1 heterocycles. The number of hydrogen-bond acceptors (Lipinski definition) is 2. The normalized spacial score (nSPS) is 10.0. The van der Waals surface area contributed by atoms with Crippen LogP contribution in [0.2, 0.25) is 0 Å². The standard InChI is InChI=1S/C7H10S2/c1-3-6-4-5-7(8-2)9-6/h4-5H,3H2,1-2H3. The van der Waals surface area contributed by atoms with E-state index < -0.39 is 0 Å². The lowest BCUT2D eigenvalue weighted by molar-refractivity contribution is 1.19. The van der Waals surface area contributed by atoms with E-state index in [1.807, 2.05) is 23.1 Å². The van der Waals surface area contributed by atoms with Crippen LogP contribution < -0.4 is 0 Å². The largest absolute Gasteiger partial charge is 0.134 e. The van der Waals surface area contributed by atoms with Crippen molar-refractivity contribution in [1.82, 2.24) is 0 Å². The van der Waals surface area contributed by atoms with Gasteiger partial charge in [0.05, 0.1) is 4.21 Å². The molecule has 0 saturated carbocycles. The third kappa shape index (κ3) is 1.73. The van der Waals surface area contributed by atoms with Gasteiger partial charge in [-0.2, -0.15) is 0 Å². The van der Waals surface area contributed by atoms with Crippen LogP contribution in [-0.4, -0.2) is 6.26 Å². The smallest absolute Gasteiger partial charge is 0.0598 e. The van der Waals surface area contributed by atoms with Gasteiger partial charge in [0.15, 0.2) is 0 Å². The first-order valence-corrected chi connectivity index (χ1v) is 5.03. The lowest BCUT2D eigenvalue weighted by Crippen LogP contribution is -1.63. The Kier molecular flexibility index (Phi) is 2.61. The lowest BCUT2D eigenvalue weighted by Gasteiger charge is -1.83. The molecule has 0 aliphatic carbocycles. The van der Waals surface area contributed by atoms with Crippen molar-refractivity contribution >= 4 is 23.1 Å². The highest BCUT2D eigenvalue weighted by atomic mass is 32.2. The zero-order valence-electron chi connectivity index (χ0n) is 5.68. The number of rotatable bonds is 2. The van der Waals surface area contributed by atoms with Crippen molar-refractivity contribution in [2.24, 2.45) is 0 Å². The van der Waals surface area contributed by atoms with Crippen LogP contribution in [0.3, 0.4) is 0 Å². The molecule has 0 bridgehead atoms. The van der Waals surface area contributed by atoms with Crippen LogP contribution >= 0.6 is 23.1 Å². The summed E-state index contributed by atoms with van der Waals surface area (Å²) in [4.78, 5) is 1.49. The van der Waals surface area contributed by atoms with Gasteiger partial charge in [0.2, 0.25) is 0 Å². The predicted molar refractivity (Wildman–Crippen MR) is 45.5 cm³/mol. The Bertz CT molecular complexity index is 160. The van der Waals surface area contributed by atoms with Crippen molar-refractivity contribution in [3.05, 3.63) is 17.0 Å². The van der Waals surface area contributed by atoms with E-state index in [1.165, 1.54) is 15.5 Å². The first kappa shape index (κ1) is 7.16. The van der Waals surface area contributed by atoms with Gasteiger partial charge >= 0.3 is 0 Å². The molecule has 9 heavy (non-hydrogen) atoms. The zero-order valence-corrected chi connectivity index (χ0v) is 7.31. The van der Waals surface area contributed by atoms with Crippen molar-refractivity contribution < 1.29 is 0 Å². The third-order valence-corrected chi connectivity index (χ3v) is 3.50. The van der Waals surface area contributed by atoms with Gasteiger partial charge in [0, 0.05) is 4.88 Å². The fraction of sp³-hybridized carbons (Fsp3) is 0.429. The Hall–Kier alpha value is 0.0500. The Morgan fingerprint density at radius 1 is 1.56 bits per heavy atom. The summed E-state index contributed by atoms with van der Waals surface area (Å²) >= 11 is 3.72. The van der Waals surface area contributed by atoms with Gasteiger partial charge in [0.1, 0.15) is 0 Å². The van der Waals surface area contributed by atoms with E-state index in [1.54, 1.807) is 0 Å². The Balaban J connectivity index is 2.74. The molecular formula is C7H10S2. The monoisotopic (exact) mass is 158 g/mol. The first-order valence-electron chi connectivity index (χ1n) is 2.99. The molecule has 0 unspecified atom stereocenters. The SMILES string of the molecule is CCc1ccc(SC)s1.